The minimum absolute atomic E-state index is 0.0621. The molecular weight excluding hydrogens is 440 g/mol. The summed E-state index contributed by atoms with van der Waals surface area (Å²) in [4.78, 5) is 27.4. The monoisotopic (exact) mass is 468 g/mol. The van der Waals surface area contributed by atoms with Crippen LogP contribution in [0.5, 0.6) is 0 Å². The molecular formula is C24H28N4O4S. The quantitative estimate of drug-likeness (QED) is 0.589. The first-order valence-corrected chi connectivity index (χ1v) is 12.3. The molecule has 8 nitrogen and oxygen atoms in total. The van der Waals surface area contributed by atoms with E-state index in [1.54, 1.807) is 41.3 Å². The van der Waals surface area contributed by atoms with E-state index >= 15 is 0 Å². The first kappa shape index (κ1) is 23.1. The Balaban J connectivity index is 1.52. The number of benzene rings is 2. The second kappa shape index (κ2) is 8.39. The fourth-order valence-electron chi connectivity index (χ4n) is 4.01. The van der Waals surface area contributed by atoms with Crippen molar-refractivity contribution in [3.63, 3.8) is 0 Å². The van der Waals surface area contributed by atoms with Crippen molar-refractivity contribution in [2.75, 3.05) is 26.2 Å². The van der Waals surface area contributed by atoms with Crippen molar-refractivity contribution < 1.29 is 13.2 Å². The summed E-state index contributed by atoms with van der Waals surface area (Å²) in [5.74, 6) is -0.312. The predicted molar refractivity (Wildman–Crippen MR) is 127 cm³/mol. The first-order valence-electron chi connectivity index (χ1n) is 10.9. The number of sulfonamides is 1. The predicted octanol–water partition coefficient (Wildman–Crippen LogP) is 2.38. The minimum Gasteiger partial charge on any atom is -0.335 e. The van der Waals surface area contributed by atoms with Gasteiger partial charge in [0.2, 0.25) is 10.0 Å². The molecule has 2 heterocycles. The molecule has 3 aromatic rings. The van der Waals surface area contributed by atoms with E-state index in [1.807, 2.05) is 12.1 Å². The van der Waals surface area contributed by atoms with Gasteiger partial charge in [-0.3, -0.25) is 9.59 Å². The summed E-state index contributed by atoms with van der Waals surface area (Å²) in [7, 11) is -2.14. The fraction of sp³-hybridized carbons (Fsp3) is 0.375. The van der Waals surface area contributed by atoms with Gasteiger partial charge in [-0.1, -0.05) is 51.1 Å². The third-order valence-corrected chi connectivity index (χ3v) is 7.96. The maximum Gasteiger partial charge on any atom is 0.275 e. The van der Waals surface area contributed by atoms with Gasteiger partial charge < -0.3 is 4.90 Å². The average Bonchev–Trinajstić information content (AvgIpc) is 2.80. The van der Waals surface area contributed by atoms with E-state index in [2.05, 4.69) is 25.9 Å². The molecule has 0 spiro atoms. The van der Waals surface area contributed by atoms with Gasteiger partial charge >= 0.3 is 0 Å². The van der Waals surface area contributed by atoms with Crippen molar-refractivity contribution in [1.29, 1.82) is 0 Å². The number of carbonyl (C=O) groups excluding carboxylic acids is 1. The number of aryl methyl sites for hydroxylation is 1. The van der Waals surface area contributed by atoms with Crippen molar-refractivity contribution in [1.82, 2.24) is 19.0 Å². The Morgan fingerprint density at radius 3 is 2.06 bits per heavy atom. The maximum atomic E-state index is 13.2. The third-order valence-electron chi connectivity index (χ3n) is 6.04. The van der Waals surface area contributed by atoms with E-state index in [-0.39, 0.29) is 53.6 Å². The number of carbonyl (C=O) groups is 1. The molecule has 0 saturated carbocycles. The lowest BCUT2D eigenvalue weighted by Gasteiger charge is -2.34. The van der Waals surface area contributed by atoms with Crippen LogP contribution in [0.15, 0.2) is 58.2 Å². The third kappa shape index (κ3) is 4.30. The summed E-state index contributed by atoms with van der Waals surface area (Å²) in [6.45, 7) is 7.12. The molecule has 1 saturated heterocycles. The molecule has 4 rings (SSSR count). The Hall–Kier alpha value is -3.04. The van der Waals surface area contributed by atoms with Crippen LogP contribution in [-0.4, -0.2) is 59.5 Å². The molecule has 0 aliphatic carbocycles. The highest BCUT2D eigenvalue weighted by Gasteiger charge is 2.32. The van der Waals surface area contributed by atoms with E-state index in [9.17, 15) is 18.0 Å². The molecule has 174 valence electrons. The molecule has 0 atom stereocenters. The van der Waals surface area contributed by atoms with Crippen molar-refractivity contribution in [2.45, 2.75) is 31.1 Å². The van der Waals surface area contributed by atoms with Crippen molar-refractivity contribution in [3.8, 4) is 0 Å². The topological polar surface area (TPSA) is 92.6 Å². The standard InChI is InChI=1S/C24H28N4O4S/c1-24(2,3)17-9-11-18(12-10-17)33(31,32)28-15-13-27(14-16-28)23(30)21-19-7-5-6-8-20(19)22(29)26(4)25-21/h5-12H,13-16H2,1-4H3. The summed E-state index contributed by atoms with van der Waals surface area (Å²) >= 11 is 0. The molecule has 1 aliphatic heterocycles. The summed E-state index contributed by atoms with van der Waals surface area (Å²) < 4.78 is 28.8. The Bertz CT molecular complexity index is 1360. The fourth-order valence-corrected chi connectivity index (χ4v) is 5.44. The van der Waals surface area contributed by atoms with Crippen LogP contribution in [0.25, 0.3) is 10.8 Å². The molecule has 0 N–H and O–H groups in total. The molecule has 1 aliphatic rings. The van der Waals surface area contributed by atoms with E-state index < -0.39 is 10.0 Å². The Morgan fingerprint density at radius 1 is 0.909 bits per heavy atom. The molecule has 1 aromatic heterocycles. The van der Waals surface area contributed by atoms with Gasteiger partial charge in [-0.2, -0.15) is 9.40 Å². The highest BCUT2D eigenvalue weighted by Crippen LogP contribution is 2.25. The van der Waals surface area contributed by atoms with Crippen molar-refractivity contribution in [3.05, 3.63) is 70.1 Å². The second-order valence-corrected chi connectivity index (χ2v) is 11.2. The molecule has 9 heteroatoms. The SMILES string of the molecule is Cn1nc(C(=O)N2CCN(S(=O)(=O)c3ccc(C(C)(C)C)cc3)CC2)c2ccccc2c1=O. The normalized spacial score (nSPS) is 15.7. The average molecular weight is 469 g/mol. The molecule has 0 unspecified atom stereocenters. The van der Waals surface area contributed by atoms with Gasteiger partial charge in [0.25, 0.3) is 11.5 Å². The van der Waals surface area contributed by atoms with Gasteiger partial charge in [0, 0.05) is 38.6 Å². The first-order chi connectivity index (χ1) is 15.5. The number of rotatable bonds is 3. The summed E-state index contributed by atoms with van der Waals surface area (Å²) in [6, 6.07) is 13.9. The van der Waals surface area contributed by atoms with Crippen LogP contribution >= 0.6 is 0 Å². The van der Waals surface area contributed by atoms with Crippen LogP contribution in [0, 0.1) is 0 Å². The van der Waals surface area contributed by atoms with E-state index in [0.717, 1.165) is 10.2 Å². The zero-order valence-electron chi connectivity index (χ0n) is 19.3. The maximum absolute atomic E-state index is 13.2. The molecule has 1 amide bonds. The number of amides is 1. The van der Waals surface area contributed by atoms with Crippen LogP contribution in [0.2, 0.25) is 0 Å². The largest absolute Gasteiger partial charge is 0.335 e. The molecule has 1 fully saturated rings. The van der Waals surface area contributed by atoms with Crippen LogP contribution in [0.3, 0.4) is 0 Å². The zero-order chi connectivity index (χ0) is 24.0. The zero-order valence-corrected chi connectivity index (χ0v) is 20.1. The highest BCUT2D eigenvalue weighted by atomic mass is 32.2. The Labute approximate surface area is 193 Å². The Morgan fingerprint density at radius 2 is 1.48 bits per heavy atom. The van der Waals surface area contributed by atoms with Gasteiger partial charge in [0.1, 0.15) is 0 Å². The van der Waals surface area contributed by atoms with Gasteiger partial charge in [-0.15, -0.1) is 0 Å². The Kier molecular flexibility index (Phi) is 5.88. The molecule has 0 bridgehead atoms. The minimum atomic E-state index is -3.65. The van der Waals surface area contributed by atoms with Crippen LogP contribution in [0.4, 0.5) is 0 Å². The number of aromatic nitrogens is 2. The number of hydrogen-bond donors (Lipinski definition) is 0. The van der Waals surface area contributed by atoms with E-state index in [4.69, 9.17) is 0 Å². The lowest BCUT2D eigenvalue weighted by Crippen LogP contribution is -2.50. The lowest BCUT2D eigenvalue weighted by molar-refractivity contribution is 0.0691. The second-order valence-electron chi connectivity index (χ2n) is 9.29. The lowest BCUT2D eigenvalue weighted by atomic mass is 9.87. The summed E-state index contributed by atoms with van der Waals surface area (Å²) in [5, 5.41) is 5.13. The van der Waals surface area contributed by atoms with E-state index in [0.29, 0.717) is 10.8 Å². The van der Waals surface area contributed by atoms with Crippen LogP contribution in [0.1, 0.15) is 36.8 Å². The van der Waals surface area contributed by atoms with Gasteiger partial charge in [0.05, 0.1) is 10.3 Å². The number of hydrogen-bond acceptors (Lipinski definition) is 5. The summed E-state index contributed by atoms with van der Waals surface area (Å²) in [6.07, 6.45) is 0. The van der Waals surface area contributed by atoms with Crippen molar-refractivity contribution in [2.24, 2.45) is 7.05 Å². The van der Waals surface area contributed by atoms with Gasteiger partial charge in [-0.25, -0.2) is 13.1 Å². The van der Waals surface area contributed by atoms with Gasteiger partial charge in [-0.05, 0) is 29.2 Å². The number of fused-ring (bicyclic) bond motifs is 1. The van der Waals surface area contributed by atoms with Crippen molar-refractivity contribution >= 4 is 26.7 Å². The van der Waals surface area contributed by atoms with Crippen LogP contribution < -0.4 is 5.56 Å². The highest BCUT2D eigenvalue weighted by molar-refractivity contribution is 7.89. The van der Waals surface area contributed by atoms with E-state index in [1.165, 1.54) is 11.4 Å². The van der Waals surface area contributed by atoms with Gasteiger partial charge in [0.15, 0.2) is 5.69 Å². The van der Waals surface area contributed by atoms with Crippen LogP contribution in [-0.2, 0) is 22.5 Å². The smallest absolute Gasteiger partial charge is 0.275 e. The number of nitrogens with zero attached hydrogens (tertiary/aromatic N) is 4. The summed E-state index contributed by atoms with van der Waals surface area (Å²) in [5.41, 5.74) is 0.930. The molecule has 33 heavy (non-hydrogen) atoms. The molecule has 0 radical (unpaired) electrons. The number of piperazine rings is 1. The molecule has 2 aromatic carbocycles.